The van der Waals surface area contributed by atoms with Crippen LogP contribution in [0, 0.1) is 0 Å². The summed E-state index contributed by atoms with van der Waals surface area (Å²) >= 11 is 0. The summed E-state index contributed by atoms with van der Waals surface area (Å²) in [6.07, 6.45) is -0.118. The van der Waals surface area contributed by atoms with E-state index >= 15 is 0 Å². The van der Waals surface area contributed by atoms with Crippen LogP contribution in [0.4, 0.5) is 0 Å². The first-order valence-corrected chi connectivity index (χ1v) is 4.26. The lowest BCUT2D eigenvalue weighted by Crippen LogP contribution is -2.16. The van der Waals surface area contributed by atoms with E-state index in [9.17, 15) is 4.79 Å². The zero-order valence-electron chi connectivity index (χ0n) is 7.84. The Balaban J connectivity index is 2.85. The first kappa shape index (κ1) is 10.5. The van der Waals surface area contributed by atoms with E-state index < -0.39 is 12.1 Å². The van der Waals surface area contributed by atoms with Gasteiger partial charge in [-0.1, -0.05) is 30.3 Å². The Labute approximate surface area is 82.3 Å². The maximum Gasteiger partial charge on any atom is 0.336 e. The molecule has 0 saturated carbocycles. The number of aliphatic carboxylic acids is 1. The summed E-state index contributed by atoms with van der Waals surface area (Å²) in [6.45, 7) is 1.77. The van der Waals surface area contributed by atoms with E-state index in [0.29, 0.717) is 0 Å². The number of aliphatic hydroxyl groups excluding tert-OH is 1. The van der Waals surface area contributed by atoms with Crippen LogP contribution in [0.2, 0.25) is 0 Å². The van der Waals surface area contributed by atoms with Crippen LogP contribution in [0.15, 0.2) is 36.4 Å². The summed E-state index contributed by atoms with van der Waals surface area (Å²) in [4.78, 5) is 10.4. The lowest BCUT2D eigenvalue weighted by molar-refractivity contribution is -0.144. The topological polar surface area (TPSA) is 57.5 Å². The van der Waals surface area contributed by atoms with Crippen molar-refractivity contribution in [2.24, 2.45) is 0 Å². The number of carboxylic acid groups (broad SMARTS) is 1. The Kier molecular flexibility index (Phi) is 3.42. The van der Waals surface area contributed by atoms with Crippen LogP contribution in [-0.2, 0) is 4.79 Å². The van der Waals surface area contributed by atoms with E-state index in [-0.39, 0.29) is 0 Å². The number of aliphatic hydroxyl groups is 1. The van der Waals surface area contributed by atoms with E-state index in [4.69, 9.17) is 10.2 Å². The molecule has 1 rings (SSSR count). The molecule has 0 aromatic heterocycles. The molecule has 0 bridgehead atoms. The van der Waals surface area contributed by atoms with Gasteiger partial charge in [0.1, 0.15) is 0 Å². The summed E-state index contributed by atoms with van der Waals surface area (Å²) in [7, 11) is 0. The molecule has 0 aliphatic carbocycles. The number of carbonyl (C=O) groups is 1. The van der Waals surface area contributed by atoms with E-state index in [1.165, 1.54) is 6.08 Å². The SMILES string of the molecule is C/C(=C\C(O)C(=O)O)c1ccccc1. The Morgan fingerprint density at radius 1 is 1.36 bits per heavy atom. The molecule has 0 heterocycles. The molecule has 0 spiro atoms. The first-order chi connectivity index (χ1) is 6.61. The number of rotatable bonds is 3. The van der Waals surface area contributed by atoms with E-state index in [1.807, 2.05) is 30.3 Å². The normalized spacial score (nSPS) is 13.7. The molecule has 0 fully saturated rings. The molecule has 0 aliphatic heterocycles. The van der Waals surface area contributed by atoms with Gasteiger partial charge in [0.25, 0.3) is 0 Å². The summed E-state index contributed by atoms with van der Waals surface area (Å²) in [5.41, 5.74) is 1.66. The van der Waals surface area contributed by atoms with E-state index in [1.54, 1.807) is 6.92 Å². The van der Waals surface area contributed by atoms with Gasteiger partial charge in [-0.3, -0.25) is 0 Å². The average molecular weight is 192 g/mol. The molecule has 1 aromatic carbocycles. The molecule has 0 aliphatic rings. The average Bonchev–Trinajstić information content (AvgIpc) is 2.19. The molecule has 3 heteroatoms. The highest BCUT2D eigenvalue weighted by molar-refractivity contribution is 5.78. The van der Waals surface area contributed by atoms with Crippen molar-refractivity contribution in [1.82, 2.24) is 0 Å². The molecule has 3 nitrogen and oxygen atoms in total. The Morgan fingerprint density at radius 2 is 1.93 bits per heavy atom. The zero-order chi connectivity index (χ0) is 10.6. The minimum atomic E-state index is -1.43. The predicted octanol–water partition coefficient (Wildman–Crippen LogP) is 1.54. The number of hydrogen-bond donors (Lipinski definition) is 2. The minimum absolute atomic E-state index is 0.750. The van der Waals surface area contributed by atoms with Crippen LogP contribution in [-0.4, -0.2) is 22.3 Å². The molecular formula is C11H12O3. The highest BCUT2D eigenvalue weighted by Gasteiger charge is 2.09. The molecule has 74 valence electrons. The smallest absolute Gasteiger partial charge is 0.336 e. The van der Waals surface area contributed by atoms with Crippen LogP contribution in [0.1, 0.15) is 12.5 Å². The Bertz CT molecular complexity index is 341. The number of benzene rings is 1. The summed E-state index contributed by atoms with van der Waals surface area (Å²) in [5.74, 6) is -1.24. The highest BCUT2D eigenvalue weighted by atomic mass is 16.4. The van der Waals surface area contributed by atoms with Crippen LogP contribution in [0.5, 0.6) is 0 Å². The third-order valence-corrected chi connectivity index (χ3v) is 1.89. The molecule has 1 unspecified atom stereocenters. The van der Waals surface area contributed by atoms with Gasteiger partial charge in [0.2, 0.25) is 0 Å². The van der Waals surface area contributed by atoms with Crippen molar-refractivity contribution in [2.75, 3.05) is 0 Å². The highest BCUT2D eigenvalue weighted by Crippen LogP contribution is 2.13. The Morgan fingerprint density at radius 3 is 2.43 bits per heavy atom. The van der Waals surface area contributed by atoms with Gasteiger partial charge in [0.15, 0.2) is 6.10 Å². The van der Waals surface area contributed by atoms with Crippen LogP contribution in [0.25, 0.3) is 5.57 Å². The van der Waals surface area contributed by atoms with Crippen molar-refractivity contribution in [2.45, 2.75) is 13.0 Å². The predicted molar refractivity (Wildman–Crippen MR) is 53.7 cm³/mol. The lowest BCUT2D eigenvalue weighted by Gasteiger charge is -2.03. The second kappa shape index (κ2) is 4.58. The Hall–Kier alpha value is -1.61. The molecule has 14 heavy (non-hydrogen) atoms. The molecule has 1 aromatic rings. The van der Waals surface area contributed by atoms with Crippen molar-refractivity contribution in [3.05, 3.63) is 42.0 Å². The second-order valence-electron chi connectivity index (χ2n) is 3.00. The maximum atomic E-state index is 10.4. The summed E-state index contributed by atoms with van der Waals surface area (Å²) in [6, 6.07) is 9.32. The van der Waals surface area contributed by atoms with E-state index in [0.717, 1.165) is 11.1 Å². The van der Waals surface area contributed by atoms with Crippen LogP contribution >= 0.6 is 0 Å². The van der Waals surface area contributed by atoms with Crippen molar-refractivity contribution in [3.8, 4) is 0 Å². The molecule has 1 atom stereocenters. The van der Waals surface area contributed by atoms with Crippen LogP contribution < -0.4 is 0 Å². The molecule has 2 N–H and O–H groups in total. The molecule has 0 saturated heterocycles. The van der Waals surface area contributed by atoms with Crippen LogP contribution in [0.3, 0.4) is 0 Å². The lowest BCUT2D eigenvalue weighted by atomic mass is 10.1. The maximum absolute atomic E-state index is 10.4. The van der Waals surface area contributed by atoms with Gasteiger partial charge in [-0.15, -0.1) is 0 Å². The molecule has 0 radical (unpaired) electrons. The third-order valence-electron chi connectivity index (χ3n) is 1.89. The molecular weight excluding hydrogens is 180 g/mol. The summed E-state index contributed by atoms with van der Waals surface area (Å²) < 4.78 is 0. The second-order valence-corrected chi connectivity index (χ2v) is 3.00. The fourth-order valence-corrected chi connectivity index (χ4v) is 1.11. The van der Waals surface area contributed by atoms with Crippen molar-refractivity contribution < 1.29 is 15.0 Å². The number of hydrogen-bond acceptors (Lipinski definition) is 2. The monoisotopic (exact) mass is 192 g/mol. The van der Waals surface area contributed by atoms with Crippen molar-refractivity contribution in [3.63, 3.8) is 0 Å². The van der Waals surface area contributed by atoms with Gasteiger partial charge >= 0.3 is 5.97 Å². The van der Waals surface area contributed by atoms with Gasteiger partial charge in [-0.05, 0) is 24.1 Å². The zero-order valence-corrected chi connectivity index (χ0v) is 7.84. The largest absolute Gasteiger partial charge is 0.479 e. The number of allylic oxidation sites excluding steroid dienone is 1. The first-order valence-electron chi connectivity index (χ1n) is 4.26. The molecule has 0 amide bonds. The van der Waals surface area contributed by atoms with E-state index in [2.05, 4.69) is 0 Å². The number of carboxylic acids is 1. The van der Waals surface area contributed by atoms with Gasteiger partial charge < -0.3 is 10.2 Å². The van der Waals surface area contributed by atoms with Gasteiger partial charge in [-0.25, -0.2) is 4.79 Å². The van der Waals surface area contributed by atoms with Gasteiger partial charge in [-0.2, -0.15) is 0 Å². The fraction of sp³-hybridized carbons (Fsp3) is 0.182. The van der Waals surface area contributed by atoms with Gasteiger partial charge in [0, 0.05) is 0 Å². The fourth-order valence-electron chi connectivity index (χ4n) is 1.11. The summed E-state index contributed by atoms with van der Waals surface area (Å²) in [5, 5.41) is 17.6. The van der Waals surface area contributed by atoms with Gasteiger partial charge in [0.05, 0.1) is 0 Å². The van der Waals surface area contributed by atoms with Crippen molar-refractivity contribution >= 4 is 11.5 Å². The minimum Gasteiger partial charge on any atom is -0.479 e. The van der Waals surface area contributed by atoms with Crippen molar-refractivity contribution in [1.29, 1.82) is 0 Å². The quantitative estimate of drug-likeness (QED) is 0.763. The third kappa shape index (κ3) is 2.71. The standard InChI is InChI=1S/C11H12O3/c1-8(7-10(12)11(13)14)9-5-3-2-4-6-9/h2-7,10,12H,1H3,(H,13,14)/b8-7+.